The molecule has 0 spiro atoms. The predicted octanol–water partition coefficient (Wildman–Crippen LogP) is 4.30. The quantitative estimate of drug-likeness (QED) is 0.784. The van der Waals surface area contributed by atoms with Crippen LogP contribution in [0.5, 0.6) is 0 Å². The lowest BCUT2D eigenvalue weighted by Gasteiger charge is -2.14. The summed E-state index contributed by atoms with van der Waals surface area (Å²) in [6.07, 6.45) is 0.0671. The van der Waals surface area contributed by atoms with Crippen LogP contribution < -0.4 is 11.1 Å². The summed E-state index contributed by atoms with van der Waals surface area (Å²) in [4.78, 5) is 15.8. The molecule has 1 aromatic heterocycles. The second-order valence-corrected chi connectivity index (χ2v) is 5.58. The molecule has 4 nitrogen and oxygen atoms in total. The molecule has 3 N–H and O–H groups in total. The molecule has 1 aromatic carbocycles. The third kappa shape index (κ3) is 4.86. The van der Waals surface area contributed by atoms with Crippen LogP contribution in [0.3, 0.4) is 0 Å². The fraction of sp³-hybridized carbons (Fsp3) is 0.250. The minimum absolute atomic E-state index is 0.0181. The number of carbonyl (C=O) groups excluding carboxylic acids is 1. The number of nitrogen functional groups attached to an aromatic ring is 1. The maximum atomic E-state index is 12.8. The Hall–Kier alpha value is -2.28. The smallest absolute Gasteiger partial charge is 0.397 e. The van der Waals surface area contributed by atoms with Crippen molar-refractivity contribution in [3.05, 3.63) is 52.8 Å². The standard InChI is InChI=1S/C16H15ClF3N3O/c17-12-9-13(21)14(8-11(12)16(18,19)20)23-15(24)3-1-2-10-4-6-22-7-5-10/h4-9H,1-3,21H2,(H,23,24). The number of nitrogens with two attached hydrogens (primary N) is 1. The molecule has 0 bridgehead atoms. The molecule has 0 aliphatic carbocycles. The number of nitrogens with one attached hydrogen (secondary N) is 1. The number of alkyl halides is 3. The molecular formula is C16H15ClF3N3O. The lowest BCUT2D eigenvalue weighted by atomic mass is 10.1. The van der Waals surface area contributed by atoms with E-state index in [0.29, 0.717) is 12.8 Å². The van der Waals surface area contributed by atoms with Crippen molar-refractivity contribution < 1.29 is 18.0 Å². The van der Waals surface area contributed by atoms with Crippen molar-refractivity contribution >= 4 is 28.9 Å². The van der Waals surface area contributed by atoms with Crippen molar-refractivity contribution in [2.24, 2.45) is 0 Å². The first-order chi connectivity index (χ1) is 11.3. The number of pyridine rings is 1. The van der Waals surface area contributed by atoms with Gasteiger partial charge in [-0.3, -0.25) is 9.78 Å². The third-order valence-electron chi connectivity index (χ3n) is 3.34. The van der Waals surface area contributed by atoms with Crippen LogP contribution >= 0.6 is 11.6 Å². The van der Waals surface area contributed by atoms with Gasteiger partial charge in [-0.05, 0) is 42.7 Å². The molecule has 24 heavy (non-hydrogen) atoms. The first-order valence-electron chi connectivity index (χ1n) is 7.12. The van der Waals surface area contributed by atoms with Gasteiger partial charge in [0.05, 0.1) is 22.0 Å². The van der Waals surface area contributed by atoms with Gasteiger partial charge >= 0.3 is 6.18 Å². The summed E-state index contributed by atoms with van der Waals surface area (Å²) in [6.45, 7) is 0. The lowest BCUT2D eigenvalue weighted by Crippen LogP contribution is -2.15. The summed E-state index contributed by atoms with van der Waals surface area (Å²) in [5, 5.41) is 1.90. The van der Waals surface area contributed by atoms with Gasteiger partial charge in [-0.15, -0.1) is 0 Å². The number of amides is 1. The zero-order chi connectivity index (χ0) is 17.7. The van der Waals surface area contributed by atoms with E-state index in [1.807, 2.05) is 12.1 Å². The summed E-state index contributed by atoms with van der Waals surface area (Å²) in [6, 6.07) is 5.41. The average Bonchev–Trinajstić information content (AvgIpc) is 2.50. The first-order valence-corrected chi connectivity index (χ1v) is 7.50. The summed E-state index contributed by atoms with van der Waals surface area (Å²) in [7, 11) is 0. The van der Waals surface area contributed by atoms with E-state index in [2.05, 4.69) is 10.3 Å². The number of hydrogen-bond acceptors (Lipinski definition) is 3. The number of carbonyl (C=O) groups is 1. The van der Waals surface area contributed by atoms with Crippen LogP contribution in [0.1, 0.15) is 24.0 Å². The molecule has 2 rings (SSSR count). The monoisotopic (exact) mass is 357 g/mol. The number of benzene rings is 1. The maximum Gasteiger partial charge on any atom is 0.417 e. The maximum absolute atomic E-state index is 12.8. The second kappa shape index (κ2) is 7.53. The first kappa shape index (κ1) is 18.1. The SMILES string of the molecule is Nc1cc(Cl)c(C(F)(F)F)cc1NC(=O)CCCc1ccncc1. The molecule has 0 radical (unpaired) electrons. The molecule has 2 aromatic rings. The minimum Gasteiger partial charge on any atom is -0.397 e. The Morgan fingerprint density at radius 3 is 2.54 bits per heavy atom. The lowest BCUT2D eigenvalue weighted by molar-refractivity contribution is -0.137. The van der Waals surface area contributed by atoms with E-state index in [0.717, 1.165) is 17.7 Å². The highest BCUT2D eigenvalue weighted by molar-refractivity contribution is 6.32. The number of aromatic nitrogens is 1. The third-order valence-corrected chi connectivity index (χ3v) is 3.65. The van der Waals surface area contributed by atoms with Gasteiger partial charge in [-0.1, -0.05) is 11.6 Å². The van der Waals surface area contributed by atoms with Gasteiger partial charge in [0.25, 0.3) is 0 Å². The van der Waals surface area contributed by atoms with E-state index in [4.69, 9.17) is 17.3 Å². The minimum atomic E-state index is -4.62. The van der Waals surface area contributed by atoms with Gasteiger partial charge in [-0.2, -0.15) is 13.2 Å². The molecule has 1 amide bonds. The van der Waals surface area contributed by atoms with Crippen LogP contribution in [0.25, 0.3) is 0 Å². The molecule has 128 valence electrons. The van der Waals surface area contributed by atoms with Gasteiger partial charge in [0.1, 0.15) is 0 Å². The van der Waals surface area contributed by atoms with Crippen LogP contribution in [0, 0.1) is 0 Å². The van der Waals surface area contributed by atoms with Crippen molar-refractivity contribution in [3.63, 3.8) is 0 Å². The Labute approximate surface area is 141 Å². The van der Waals surface area contributed by atoms with Crippen LogP contribution in [0.2, 0.25) is 5.02 Å². The number of aryl methyl sites for hydroxylation is 1. The van der Waals surface area contributed by atoms with Crippen molar-refractivity contribution in [3.8, 4) is 0 Å². The highest BCUT2D eigenvalue weighted by Gasteiger charge is 2.34. The molecule has 0 atom stereocenters. The van der Waals surface area contributed by atoms with Crippen LogP contribution in [0.15, 0.2) is 36.7 Å². The summed E-state index contributed by atoms with van der Waals surface area (Å²) < 4.78 is 38.5. The van der Waals surface area contributed by atoms with Gasteiger partial charge in [0, 0.05) is 18.8 Å². The molecule has 0 aliphatic heterocycles. The molecule has 0 saturated carbocycles. The Kier molecular flexibility index (Phi) is 5.66. The molecular weight excluding hydrogens is 343 g/mol. The molecule has 8 heteroatoms. The Morgan fingerprint density at radius 2 is 1.92 bits per heavy atom. The highest BCUT2D eigenvalue weighted by Crippen LogP contribution is 2.38. The van der Waals surface area contributed by atoms with E-state index in [9.17, 15) is 18.0 Å². The Balaban J connectivity index is 1.98. The van der Waals surface area contributed by atoms with Crippen molar-refractivity contribution in [1.82, 2.24) is 4.98 Å². The summed E-state index contributed by atoms with van der Waals surface area (Å²) in [5.74, 6) is -0.411. The van der Waals surface area contributed by atoms with Gasteiger partial charge in [-0.25, -0.2) is 0 Å². The molecule has 0 fully saturated rings. The fourth-order valence-corrected chi connectivity index (χ4v) is 2.41. The van der Waals surface area contributed by atoms with E-state index < -0.39 is 22.7 Å². The van der Waals surface area contributed by atoms with Crippen LogP contribution in [-0.2, 0) is 17.4 Å². The van der Waals surface area contributed by atoms with Crippen molar-refractivity contribution in [2.45, 2.75) is 25.4 Å². The number of nitrogens with zero attached hydrogens (tertiary/aromatic N) is 1. The average molecular weight is 358 g/mol. The molecule has 1 heterocycles. The fourth-order valence-electron chi connectivity index (χ4n) is 2.13. The predicted molar refractivity (Wildman–Crippen MR) is 86.7 cm³/mol. The second-order valence-electron chi connectivity index (χ2n) is 5.17. The Bertz CT molecular complexity index is 720. The van der Waals surface area contributed by atoms with Crippen molar-refractivity contribution in [2.75, 3.05) is 11.1 Å². The van der Waals surface area contributed by atoms with Crippen LogP contribution in [-0.4, -0.2) is 10.9 Å². The number of rotatable bonds is 5. The van der Waals surface area contributed by atoms with Gasteiger partial charge in [0.2, 0.25) is 5.91 Å². The van der Waals surface area contributed by atoms with E-state index >= 15 is 0 Å². The molecule has 0 saturated heterocycles. The Morgan fingerprint density at radius 1 is 1.25 bits per heavy atom. The molecule has 0 unspecified atom stereocenters. The van der Waals surface area contributed by atoms with Gasteiger partial charge < -0.3 is 11.1 Å². The number of halogens is 4. The van der Waals surface area contributed by atoms with Gasteiger partial charge in [0.15, 0.2) is 0 Å². The van der Waals surface area contributed by atoms with E-state index in [1.165, 1.54) is 0 Å². The summed E-state index contributed by atoms with van der Waals surface area (Å²) in [5.41, 5.74) is 5.51. The highest BCUT2D eigenvalue weighted by atomic mass is 35.5. The van der Waals surface area contributed by atoms with Crippen molar-refractivity contribution in [1.29, 1.82) is 0 Å². The normalized spacial score (nSPS) is 11.3. The van der Waals surface area contributed by atoms with Crippen LogP contribution in [0.4, 0.5) is 24.5 Å². The zero-order valence-electron chi connectivity index (χ0n) is 12.5. The number of anilines is 2. The molecule has 0 aliphatic rings. The zero-order valence-corrected chi connectivity index (χ0v) is 13.3. The summed E-state index contributed by atoms with van der Waals surface area (Å²) >= 11 is 5.56. The largest absolute Gasteiger partial charge is 0.417 e. The van der Waals surface area contributed by atoms with E-state index in [1.54, 1.807) is 12.4 Å². The topological polar surface area (TPSA) is 68.0 Å². The number of hydrogen-bond donors (Lipinski definition) is 2. The van der Waals surface area contributed by atoms with E-state index in [-0.39, 0.29) is 17.8 Å².